The summed E-state index contributed by atoms with van der Waals surface area (Å²) in [6.45, 7) is 6.12. The third-order valence-corrected chi connectivity index (χ3v) is 4.92. The number of rotatable bonds is 12. The van der Waals surface area contributed by atoms with Crippen LogP contribution in [0.4, 0.5) is 16.2 Å². The molecular formula is C27H36N2O6. The fraction of sp³-hybridized carbons (Fsp3) is 0.444. The molecule has 0 heterocycles. The topological polar surface area (TPSA) is 117 Å². The standard InChI is InChI=1S/C27H36N2O6/c1-27(2,3)35-26(32)29-23-16-12-21(13-17-23)25(31)34-19-9-7-5-4-6-8-18-33-24(30)20-10-14-22(28)15-11-20/h10-17H,4-9,18-19,28H2,1-3H3,(H,29,32). The van der Waals surface area contributed by atoms with E-state index in [1.807, 2.05) is 0 Å². The van der Waals surface area contributed by atoms with E-state index < -0.39 is 17.7 Å². The molecule has 190 valence electrons. The Bertz CT molecular complexity index is 949. The molecule has 0 saturated carbocycles. The number of nitrogen functional groups attached to an aromatic ring is 1. The van der Waals surface area contributed by atoms with Crippen LogP contribution in [0.3, 0.4) is 0 Å². The Hall–Kier alpha value is -3.55. The minimum Gasteiger partial charge on any atom is -0.462 e. The number of anilines is 2. The molecule has 0 saturated heterocycles. The molecule has 3 N–H and O–H groups in total. The molecule has 0 radical (unpaired) electrons. The first-order chi connectivity index (χ1) is 16.6. The van der Waals surface area contributed by atoms with Gasteiger partial charge in [-0.25, -0.2) is 14.4 Å². The van der Waals surface area contributed by atoms with Crippen LogP contribution >= 0.6 is 0 Å². The second kappa shape index (κ2) is 14.0. The van der Waals surface area contributed by atoms with Crippen LogP contribution in [0.15, 0.2) is 48.5 Å². The van der Waals surface area contributed by atoms with Gasteiger partial charge < -0.3 is 19.9 Å². The fourth-order valence-corrected chi connectivity index (χ4v) is 3.14. The summed E-state index contributed by atoms with van der Waals surface area (Å²) >= 11 is 0. The Morgan fingerprint density at radius 1 is 0.714 bits per heavy atom. The molecule has 2 aromatic rings. The molecular weight excluding hydrogens is 448 g/mol. The minimum absolute atomic E-state index is 0.333. The molecule has 2 aromatic carbocycles. The lowest BCUT2D eigenvalue weighted by molar-refractivity contribution is 0.0484. The lowest BCUT2D eigenvalue weighted by Crippen LogP contribution is -2.27. The van der Waals surface area contributed by atoms with Crippen LogP contribution in [0.25, 0.3) is 0 Å². The quantitative estimate of drug-likeness (QED) is 0.165. The third kappa shape index (κ3) is 11.4. The van der Waals surface area contributed by atoms with Gasteiger partial charge in [0, 0.05) is 11.4 Å². The van der Waals surface area contributed by atoms with Gasteiger partial charge in [-0.2, -0.15) is 0 Å². The lowest BCUT2D eigenvalue weighted by atomic mass is 10.1. The highest BCUT2D eigenvalue weighted by molar-refractivity contribution is 5.91. The van der Waals surface area contributed by atoms with Crippen molar-refractivity contribution in [2.75, 3.05) is 24.3 Å². The summed E-state index contributed by atoms with van der Waals surface area (Å²) in [4.78, 5) is 35.9. The highest BCUT2D eigenvalue weighted by Gasteiger charge is 2.16. The Morgan fingerprint density at radius 3 is 1.60 bits per heavy atom. The van der Waals surface area contributed by atoms with Gasteiger partial charge in [0.05, 0.1) is 24.3 Å². The molecule has 8 heteroatoms. The van der Waals surface area contributed by atoms with Crippen molar-refractivity contribution in [3.63, 3.8) is 0 Å². The number of ether oxygens (including phenoxy) is 3. The first kappa shape index (κ1) is 27.7. The molecule has 0 atom stereocenters. The molecule has 0 aromatic heterocycles. The van der Waals surface area contributed by atoms with E-state index in [2.05, 4.69) is 5.32 Å². The van der Waals surface area contributed by atoms with Gasteiger partial charge in [0.2, 0.25) is 0 Å². The second-order valence-corrected chi connectivity index (χ2v) is 9.22. The molecule has 2 rings (SSSR count). The largest absolute Gasteiger partial charge is 0.462 e. The van der Waals surface area contributed by atoms with Crippen molar-refractivity contribution in [3.05, 3.63) is 59.7 Å². The van der Waals surface area contributed by atoms with Crippen LogP contribution in [-0.4, -0.2) is 36.8 Å². The number of hydrogen-bond acceptors (Lipinski definition) is 7. The molecule has 0 unspecified atom stereocenters. The van der Waals surface area contributed by atoms with Gasteiger partial charge in [-0.1, -0.05) is 25.7 Å². The summed E-state index contributed by atoms with van der Waals surface area (Å²) in [6.07, 6.45) is 5.03. The summed E-state index contributed by atoms with van der Waals surface area (Å²) in [5.41, 5.74) is 7.10. The number of esters is 2. The SMILES string of the molecule is CC(C)(C)OC(=O)Nc1ccc(C(=O)OCCCCCCCCOC(=O)c2ccc(N)cc2)cc1. The normalized spacial score (nSPS) is 10.9. The van der Waals surface area contributed by atoms with Crippen LogP contribution < -0.4 is 11.1 Å². The lowest BCUT2D eigenvalue weighted by Gasteiger charge is -2.19. The number of amides is 1. The Balaban J connectivity index is 1.50. The van der Waals surface area contributed by atoms with Gasteiger partial charge in [0.15, 0.2) is 0 Å². The minimum atomic E-state index is -0.582. The van der Waals surface area contributed by atoms with Crippen molar-refractivity contribution in [2.24, 2.45) is 0 Å². The summed E-state index contributed by atoms with van der Waals surface area (Å²) in [5.74, 6) is -0.725. The predicted octanol–water partition coefficient (Wildman–Crippen LogP) is 5.97. The average Bonchev–Trinajstić information content (AvgIpc) is 2.79. The molecule has 0 aliphatic heterocycles. The van der Waals surface area contributed by atoms with E-state index in [0.717, 1.165) is 38.5 Å². The average molecular weight is 485 g/mol. The summed E-state index contributed by atoms with van der Waals surface area (Å²) in [6, 6.07) is 13.1. The maximum absolute atomic E-state index is 12.2. The fourth-order valence-electron chi connectivity index (χ4n) is 3.14. The highest BCUT2D eigenvalue weighted by Crippen LogP contribution is 2.14. The van der Waals surface area contributed by atoms with E-state index in [4.69, 9.17) is 19.9 Å². The van der Waals surface area contributed by atoms with Crippen molar-refractivity contribution in [1.82, 2.24) is 0 Å². The van der Waals surface area contributed by atoms with Gasteiger partial charge in [-0.05, 0) is 82.1 Å². The molecule has 0 bridgehead atoms. The van der Waals surface area contributed by atoms with Gasteiger partial charge in [-0.15, -0.1) is 0 Å². The van der Waals surface area contributed by atoms with Crippen LogP contribution in [0.1, 0.15) is 80.0 Å². The van der Waals surface area contributed by atoms with Crippen LogP contribution in [0.5, 0.6) is 0 Å². The van der Waals surface area contributed by atoms with E-state index in [9.17, 15) is 14.4 Å². The third-order valence-electron chi connectivity index (χ3n) is 4.92. The molecule has 8 nitrogen and oxygen atoms in total. The number of nitrogens with two attached hydrogens (primary N) is 1. The van der Waals surface area contributed by atoms with E-state index in [-0.39, 0.29) is 5.97 Å². The zero-order valence-electron chi connectivity index (χ0n) is 20.8. The van der Waals surface area contributed by atoms with Crippen molar-refractivity contribution >= 4 is 29.4 Å². The van der Waals surface area contributed by atoms with Crippen molar-refractivity contribution in [2.45, 2.75) is 64.9 Å². The van der Waals surface area contributed by atoms with Crippen LogP contribution in [-0.2, 0) is 14.2 Å². The maximum atomic E-state index is 12.2. The van der Waals surface area contributed by atoms with Gasteiger partial charge in [0.1, 0.15) is 5.60 Å². The summed E-state index contributed by atoms with van der Waals surface area (Å²) in [7, 11) is 0. The smallest absolute Gasteiger partial charge is 0.412 e. The summed E-state index contributed by atoms with van der Waals surface area (Å²) < 4.78 is 15.8. The van der Waals surface area contributed by atoms with Gasteiger partial charge in [-0.3, -0.25) is 5.32 Å². The van der Waals surface area contributed by atoms with Gasteiger partial charge in [0.25, 0.3) is 0 Å². The Kier molecular flexibility index (Phi) is 11.1. The number of benzene rings is 2. The molecule has 0 aliphatic carbocycles. The van der Waals surface area contributed by atoms with Crippen molar-refractivity contribution in [3.8, 4) is 0 Å². The first-order valence-electron chi connectivity index (χ1n) is 11.9. The number of unbranched alkanes of at least 4 members (excludes halogenated alkanes) is 5. The van der Waals surface area contributed by atoms with Crippen molar-refractivity contribution < 1.29 is 28.6 Å². The number of carbonyl (C=O) groups is 3. The van der Waals surface area contributed by atoms with E-state index >= 15 is 0 Å². The maximum Gasteiger partial charge on any atom is 0.412 e. The van der Waals surface area contributed by atoms with Crippen LogP contribution in [0, 0.1) is 0 Å². The molecule has 0 aliphatic rings. The van der Waals surface area contributed by atoms with E-state index in [1.165, 1.54) is 0 Å². The summed E-state index contributed by atoms with van der Waals surface area (Å²) in [5, 5.41) is 2.62. The number of carbonyl (C=O) groups excluding carboxylic acids is 3. The molecule has 35 heavy (non-hydrogen) atoms. The number of hydrogen-bond donors (Lipinski definition) is 2. The Labute approximate surface area is 207 Å². The molecule has 1 amide bonds. The van der Waals surface area contributed by atoms with E-state index in [1.54, 1.807) is 69.3 Å². The highest BCUT2D eigenvalue weighted by atomic mass is 16.6. The van der Waals surface area contributed by atoms with Gasteiger partial charge >= 0.3 is 18.0 Å². The zero-order chi connectivity index (χ0) is 25.7. The number of nitrogens with one attached hydrogen (secondary N) is 1. The molecule has 0 fully saturated rings. The van der Waals surface area contributed by atoms with Crippen LogP contribution in [0.2, 0.25) is 0 Å². The first-order valence-corrected chi connectivity index (χ1v) is 11.9. The molecule has 0 spiro atoms. The second-order valence-electron chi connectivity index (χ2n) is 9.22. The predicted molar refractivity (Wildman–Crippen MR) is 135 cm³/mol. The van der Waals surface area contributed by atoms with Crippen molar-refractivity contribution in [1.29, 1.82) is 0 Å². The van der Waals surface area contributed by atoms with E-state index in [0.29, 0.717) is 35.7 Å². The zero-order valence-corrected chi connectivity index (χ0v) is 20.8. The Morgan fingerprint density at radius 2 is 1.14 bits per heavy atom. The monoisotopic (exact) mass is 484 g/mol.